The van der Waals surface area contributed by atoms with E-state index in [-0.39, 0.29) is 0 Å². The van der Waals surface area contributed by atoms with Crippen molar-refractivity contribution in [2.24, 2.45) is 0 Å². The maximum Gasteiger partial charge on any atom is 0.0541 e. The number of aromatic nitrogens is 1. The molecule has 0 fully saturated rings. The summed E-state index contributed by atoms with van der Waals surface area (Å²) in [5, 5.41) is 2.63. The number of benzene rings is 3. The van der Waals surface area contributed by atoms with Crippen LogP contribution < -0.4 is 0 Å². The number of fused-ring (bicyclic) bond motifs is 3. The molecule has 4 aromatic rings. The standard InChI is InChI=1S/C22H20BrN/c1-16(23)14-15-17-8-2-5-11-20(17)24-21-12-6-3-9-18(21)19-10-4-7-13-22(19)24/h2-13,16H,14-15H2,1H3. The van der Waals surface area contributed by atoms with Gasteiger partial charge in [-0.2, -0.15) is 0 Å². The Morgan fingerprint density at radius 1 is 0.792 bits per heavy atom. The van der Waals surface area contributed by atoms with Crippen LogP contribution in [0.5, 0.6) is 0 Å². The zero-order valence-corrected chi connectivity index (χ0v) is 15.3. The van der Waals surface area contributed by atoms with Crippen molar-refractivity contribution >= 4 is 37.7 Å². The summed E-state index contributed by atoms with van der Waals surface area (Å²) < 4.78 is 2.42. The molecule has 1 unspecified atom stereocenters. The summed E-state index contributed by atoms with van der Waals surface area (Å²) >= 11 is 3.68. The third-order valence-corrected chi connectivity index (χ3v) is 5.08. The maximum absolute atomic E-state index is 3.68. The van der Waals surface area contributed by atoms with Crippen molar-refractivity contribution in [2.75, 3.05) is 0 Å². The van der Waals surface area contributed by atoms with Gasteiger partial charge in [-0.05, 0) is 36.6 Å². The molecule has 0 amide bonds. The monoisotopic (exact) mass is 377 g/mol. The quantitative estimate of drug-likeness (QED) is 0.357. The molecule has 1 heterocycles. The molecule has 1 atom stereocenters. The Hall–Kier alpha value is -2.06. The normalized spacial score (nSPS) is 12.8. The van der Waals surface area contributed by atoms with E-state index in [1.54, 1.807) is 0 Å². The minimum absolute atomic E-state index is 0.531. The van der Waals surface area contributed by atoms with Crippen molar-refractivity contribution in [3.63, 3.8) is 0 Å². The Kier molecular flexibility index (Phi) is 4.15. The molecule has 24 heavy (non-hydrogen) atoms. The van der Waals surface area contributed by atoms with Crippen LogP contribution in [-0.2, 0) is 6.42 Å². The van der Waals surface area contributed by atoms with Crippen LogP contribution in [-0.4, -0.2) is 9.39 Å². The fraction of sp³-hybridized carbons (Fsp3) is 0.182. The molecule has 1 aromatic heterocycles. The minimum Gasteiger partial charge on any atom is -0.309 e. The number of alkyl halides is 1. The maximum atomic E-state index is 3.68. The first kappa shape index (κ1) is 15.5. The molecule has 4 rings (SSSR count). The van der Waals surface area contributed by atoms with Crippen LogP contribution in [0, 0.1) is 0 Å². The lowest BCUT2D eigenvalue weighted by Crippen LogP contribution is -2.02. The van der Waals surface area contributed by atoms with Gasteiger partial charge in [0.1, 0.15) is 0 Å². The molecule has 3 aromatic carbocycles. The van der Waals surface area contributed by atoms with E-state index < -0.39 is 0 Å². The lowest BCUT2D eigenvalue weighted by molar-refractivity contribution is 0.817. The zero-order chi connectivity index (χ0) is 16.5. The Labute approximate surface area is 151 Å². The van der Waals surface area contributed by atoms with Gasteiger partial charge in [0.25, 0.3) is 0 Å². The molecule has 0 N–H and O–H groups in total. The first-order chi connectivity index (χ1) is 11.8. The van der Waals surface area contributed by atoms with Gasteiger partial charge in [0.15, 0.2) is 0 Å². The van der Waals surface area contributed by atoms with Crippen molar-refractivity contribution in [1.29, 1.82) is 0 Å². The number of nitrogens with zero attached hydrogens (tertiary/aromatic N) is 1. The number of aryl methyl sites for hydroxylation is 1. The van der Waals surface area contributed by atoms with Crippen LogP contribution in [0.3, 0.4) is 0 Å². The van der Waals surface area contributed by atoms with Gasteiger partial charge in [-0.25, -0.2) is 0 Å². The first-order valence-corrected chi connectivity index (χ1v) is 9.38. The van der Waals surface area contributed by atoms with Gasteiger partial charge in [-0.3, -0.25) is 0 Å². The van der Waals surface area contributed by atoms with Gasteiger partial charge in [-0.15, -0.1) is 0 Å². The number of halogens is 1. The summed E-state index contributed by atoms with van der Waals surface area (Å²) in [4.78, 5) is 0.531. The van der Waals surface area contributed by atoms with Gasteiger partial charge in [0.05, 0.1) is 11.0 Å². The van der Waals surface area contributed by atoms with E-state index in [0.29, 0.717) is 4.83 Å². The third-order valence-electron chi connectivity index (χ3n) is 4.62. The molecule has 2 heteroatoms. The highest BCUT2D eigenvalue weighted by Crippen LogP contribution is 2.33. The molecular weight excluding hydrogens is 358 g/mol. The van der Waals surface area contributed by atoms with E-state index in [1.165, 1.54) is 33.1 Å². The summed E-state index contributed by atoms with van der Waals surface area (Å²) in [6, 6.07) is 26.2. The molecule has 0 aliphatic carbocycles. The second-order valence-electron chi connectivity index (χ2n) is 6.32. The Morgan fingerprint density at radius 2 is 1.33 bits per heavy atom. The highest BCUT2D eigenvalue weighted by atomic mass is 79.9. The van der Waals surface area contributed by atoms with Crippen LogP contribution >= 0.6 is 15.9 Å². The van der Waals surface area contributed by atoms with Crippen molar-refractivity contribution < 1.29 is 0 Å². The van der Waals surface area contributed by atoms with Crippen molar-refractivity contribution in [2.45, 2.75) is 24.6 Å². The smallest absolute Gasteiger partial charge is 0.0541 e. The molecule has 1 nitrogen and oxygen atoms in total. The zero-order valence-electron chi connectivity index (χ0n) is 13.7. The lowest BCUT2D eigenvalue weighted by Gasteiger charge is -2.14. The number of hydrogen-bond acceptors (Lipinski definition) is 0. The molecule has 0 saturated heterocycles. The van der Waals surface area contributed by atoms with Gasteiger partial charge in [0, 0.05) is 21.3 Å². The van der Waals surface area contributed by atoms with Crippen molar-refractivity contribution in [1.82, 2.24) is 4.57 Å². The number of hydrogen-bond donors (Lipinski definition) is 0. The van der Waals surface area contributed by atoms with Gasteiger partial charge < -0.3 is 4.57 Å². The van der Waals surface area contributed by atoms with Crippen LogP contribution in [0.15, 0.2) is 72.8 Å². The van der Waals surface area contributed by atoms with E-state index in [2.05, 4.69) is 100 Å². The minimum atomic E-state index is 0.531. The molecule has 0 saturated carbocycles. The number of para-hydroxylation sites is 3. The van der Waals surface area contributed by atoms with E-state index in [9.17, 15) is 0 Å². The molecule has 0 aliphatic rings. The highest BCUT2D eigenvalue weighted by molar-refractivity contribution is 9.09. The van der Waals surface area contributed by atoms with Gasteiger partial charge in [0.2, 0.25) is 0 Å². The molecule has 0 aliphatic heterocycles. The molecule has 120 valence electrons. The predicted octanol–water partition coefficient (Wildman–Crippen LogP) is 6.50. The predicted molar refractivity (Wildman–Crippen MR) is 107 cm³/mol. The fourth-order valence-electron chi connectivity index (χ4n) is 3.48. The summed E-state index contributed by atoms with van der Waals surface area (Å²) in [6.07, 6.45) is 2.21. The van der Waals surface area contributed by atoms with Crippen molar-refractivity contribution in [3.8, 4) is 5.69 Å². The SMILES string of the molecule is CC(Br)CCc1ccccc1-n1c2ccccc2c2ccccc21. The topological polar surface area (TPSA) is 4.93 Å². The van der Waals surface area contributed by atoms with Crippen molar-refractivity contribution in [3.05, 3.63) is 78.4 Å². The average Bonchev–Trinajstić information content (AvgIpc) is 2.95. The summed E-state index contributed by atoms with van der Waals surface area (Å²) in [5.74, 6) is 0. The summed E-state index contributed by atoms with van der Waals surface area (Å²) in [7, 11) is 0. The van der Waals surface area contributed by atoms with Crippen LogP contribution in [0.4, 0.5) is 0 Å². The molecular formula is C22H20BrN. The van der Waals surface area contributed by atoms with Gasteiger partial charge >= 0.3 is 0 Å². The lowest BCUT2D eigenvalue weighted by atomic mass is 10.1. The third kappa shape index (κ3) is 2.65. The molecule has 0 bridgehead atoms. The second-order valence-corrected chi connectivity index (χ2v) is 7.88. The van der Waals surface area contributed by atoms with E-state index in [1.807, 2.05) is 0 Å². The highest BCUT2D eigenvalue weighted by Gasteiger charge is 2.13. The molecule has 0 radical (unpaired) electrons. The number of rotatable bonds is 4. The van der Waals surface area contributed by atoms with E-state index in [0.717, 1.165) is 12.8 Å². The van der Waals surface area contributed by atoms with E-state index in [4.69, 9.17) is 0 Å². The van der Waals surface area contributed by atoms with Crippen LogP contribution in [0.25, 0.3) is 27.5 Å². The second kappa shape index (κ2) is 6.45. The first-order valence-electron chi connectivity index (χ1n) is 8.46. The summed E-state index contributed by atoms with van der Waals surface area (Å²) in [5.41, 5.74) is 5.24. The summed E-state index contributed by atoms with van der Waals surface area (Å²) in [6.45, 7) is 2.21. The molecule has 0 spiro atoms. The Bertz CT molecular complexity index is 944. The van der Waals surface area contributed by atoms with E-state index >= 15 is 0 Å². The van der Waals surface area contributed by atoms with Crippen LogP contribution in [0.1, 0.15) is 18.9 Å². The van der Waals surface area contributed by atoms with Gasteiger partial charge in [-0.1, -0.05) is 77.5 Å². The Balaban J connectivity index is 1.99. The average molecular weight is 378 g/mol. The fourth-order valence-corrected chi connectivity index (χ4v) is 3.71. The Morgan fingerprint density at radius 3 is 1.96 bits per heavy atom. The van der Waals surface area contributed by atoms with Crippen LogP contribution in [0.2, 0.25) is 0 Å². The largest absolute Gasteiger partial charge is 0.309 e.